The van der Waals surface area contributed by atoms with E-state index >= 15 is 0 Å². The number of amides is 1. The van der Waals surface area contributed by atoms with Gasteiger partial charge in [-0.3, -0.25) is 19.7 Å². The Morgan fingerprint density at radius 3 is 2.42 bits per heavy atom. The summed E-state index contributed by atoms with van der Waals surface area (Å²) in [6.07, 6.45) is 2.18. The minimum Gasteiger partial charge on any atom is -0.496 e. The van der Waals surface area contributed by atoms with E-state index in [-0.39, 0.29) is 29.0 Å². The fourth-order valence-electron chi connectivity index (χ4n) is 2.96. The number of hydrogen-bond acceptors (Lipinski definition) is 5. The molecule has 8 nitrogen and oxygen atoms in total. The fourth-order valence-corrected chi connectivity index (χ4v) is 2.96. The maximum Gasteiger partial charge on any atom is 0.306 e. The minimum absolute atomic E-state index is 0.126. The molecule has 1 saturated carbocycles. The molecule has 2 rings (SSSR count). The molecule has 2 N–H and O–H groups in total. The molecule has 0 unspecified atom stereocenters. The Morgan fingerprint density at radius 2 is 1.92 bits per heavy atom. The van der Waals surface area contributed by atoms with Gasteiger partial charge >= 0.3 is 5.97 Å². The van der Waals surface area contributed by atoms with Crippen LogP contribution < -0.4 is 10.1 Å². The molecule has 24 heavy (non-hydrogen) atoms. The lowest BCUT2D eigenvalue weighted by Gasteiger charge is -2.26. The molecule has 0 aliphatic heterocycles. The summed E-state index contributed by atoms with van der Waals surface area (Å²) in [7, 11) is 1.39. The first-order chi connectivity index (χ1) is 11.3. The summed E-state index contributed by atoms with van der Waals surface area (Å²) in [5, 5.41) is 22.9. The quantitative estimate of drug-likeness (QED) is 0.629. The zero-order valence-electron chi connectivity index (χ0n) is 13.6. The molecule has 0 radical (unpaired) electrons. The van der Waals surface area contributed by atoms with Gasteiger partial charge in [-0.2, -0.15) is 0 Å². The third-order valence-corrected chi connectivity index (χ3v) is 4.42. The number of nitro groups is 1. The first-order valence-corrected chi connectivity index (χ1v) is 7.70. The van der Waals surface area contributed by atoms with Crippen LogP contribution in [0.2, 0.25) is 0 Å². The topological polar surface area (TPSA) is 119 Å². The number of carboxylic acid groups (broad SMARTS) is 1. The summed E-state index contributed by atoms with van der Waals surface area (Å²) >= 11 is 0. The molecular formula is C16H20N2O6. The number of carbonyl (C=O) groups is 2. The van der Waals surface area contributed by atoms with Crippen molar-refractivity contribution in [2.45, 2.75) is 38.6 Å². The molecular weight excluding hydrogens is 316 g/mol. The van der Waals surface area contributed by atoms with Crippen molar-refractivity contribution in [2.75, 3.05) is 7.11 Å². The number of aliphatic carboxylic acids is 1. The number of benzene rings is 1. The molecule has 1 aliphatic carbocycles. The highest BCUT2D eigenvalue weighted by Gasteiger charge is 2.27. The molecule has 0 saturated heterocycles. The third kappa shape index (κ3) is 3.81. The van der Waals surface area contributed by atoms with Crippen LogP contribution in [0, 0.1) is 23.0 Å². The zero-order valence-corrected chi connectivity index (χ0v) is 13.6. The van der Waals surface area contributed by atoms with E-state index in [1.807, 2.05) is 0 Å². The van der Waals surface area contributed by atoms with Gasteiger partial charge in [-0.25, -0.2) is 0 Å². The summed E-state index contributed by atoms with van der Waals surface area (Å²) in [5.41, 5.74) is 0.347. The van der Waals surface area contributed by atoms with Crippen molar-refractivity contribution in [2.24, 2.45) is 5.92 Å². The van der Waals surface area contributed by atoms with Crippen molar-refractivity contribution >= 4 is 17.6 Å². The Morgan fingerprint density at radius 1 is 1.29 bits per heavy atom. The summed E-state index contributed by atoms with van der Waals surface area (Å²) in [5.74, 6) is -1.31. The normalized spacial score (nSPS) is 20.2. The van der Waals surface area contributed by atoms with E-state index in [0.717, 1.165) is 0 Å². The largest absolute Gasteiger partial charge is 0.496 e. The Labute approximate surface area is 139 Å². The smallest absolute Gasteiger partial charge is 0.306 e. The average Bonchev–Trinajstić information content (AvgIpc) is 2.55. The van der Waals surface area contributed by atoms with Crippen LogP contribution in [0.1, 0.15) is 41.6 Å². The van der Waals surface area contributed by atoms with Crippen molar-refractivity contribution in [3.05, 3.63) is 33.4 Å². The molecule has 0 atom stereocenters. The van der Waals surface area contributed by atoms with Crippen molar-refractivity contribution in [1.82, 2.24) is 5.32 Å². The van der Waals surface area contributed by atoms with Gasteiger partial charge in [-0.15, -0.1) is 0 Å². The number of rotatable bonds is 5. The van der Waals surface area contributed by atoms with Crippen molar-refractivity contribution in [3.63, 3.8) is 0 Å². The number of nitro benzene ring substituents is 1. The number of methoxy groups -OCH3 is 1. The second-order valence-electron chi connectivity index (χ2n) is 5.94. The van der Waals surface area contributed by atoms with Crippen LogP contribution in [0.5, 0.6) is 5.75 Å². The van der Waals surface area contributed by atoms with Crippen LogP contribution in [0.15, 0.2) is 12.1 Å². The first-order valence-electron chi connectivity index (χ1n) is 7.70. The van der Waals surface area contributed by atoms with Gasteiger partial charge in [-0.05, 0) is 38.7 Å². The number of carbonyl (C=O) groups excluding carboxylic acids is 1. The van der Waals surface area contributed by atoms with Gasteiger partial charge in [0.15, 0.2) is 0 Å². The van der Waals surface area contributed by atoms with Crippen molar-refractivity contribution in [3.8, 4) is 5.75 Å². The van der Waals surface area contributed by atoms with Crippen LogP contribution in [-0.2, 0) is 4.79 Å². The molecule has 0 aromatic heterocycles. The van der Waals surface area contributed by atoms with Crippen LogP contribution in [0.3, 0.4) is 0 Å². The van der Waals surface area contributed by atoms with E-state index in [1.54, 1.807) is 6.92 Å². The van der Waals surface area contributed by atoms with E-state index in [2.05, 4.69) is 5.32 Å². The summed E-state index contributed by atoms with van der Waals surface area (Å²) in [6, 6.07) is 2.58. The number of hydrogen-bond donors (Lipinski definition) is 2. The molecule has 0 spiro atoms. The van der Waals surface area contributed by atoms with Crippen LogP contribution in [-0.4, -0.2) is 35.1 Å². The molecule has 1 aromatic carbocycles. The maximum atomic E-state index is 12.4. The predicted molar refractivity (Wildman–Crippen MR) is 85.2 cm³/mol. The lowest BCUT2D eigenvalue weighted by molar-refractivity contribution is -0.385. The molecule has 0 heterocycles. The van der Waals surface area contributed by atoms with Gasteiger partial charge < -0.3 is 15.2 Å². The van der Waals surface area contributed by atoms with Crippen LogP contribution >= 0.6 is 0 Å². The Bertz CT molecular complexity index is 665. The highest BCUT2D eigenvalue weighted by Crippen LogP contribution is 2.30. The monoisotopic (exact) mass is 336 g/mol. The molecule has 1 aromatic rings. The second kappa shape index (κ2) is 7.29. The van der Waals surface area contributed by atoms with E-state index < -0.39 is 16.8 Å². The maximum absolute atomic E-state index is 12.4. The summed E-state index contributed by atoms with van der Waals surface area (Å²) in [6.45, 7) is 1.56. The Balaban J connectivity index is 2.11. The van der Waals surface area contributed by atoms with E-state index in [4.69, 9.17) is 9.84 Å². The number of nitrogens with one attached hydrogen (secondary N) is 1. The molecule has 1 aliphatic rings. The lowest BCUT2D eigenvalue weighted by atomic mass is 9.86. The van der Waals surface area contributed by atoms with Gasteiger partial charge in [0.05, 0.1) is 23.5 Å². The average molecular weight is 336 g/mol. The van der Waals surface area contributed by atoms with Crippen molar-refractivity contribution < 1.29 is 24.4 Å². The Kier molecular flexibility index (Phi) is 5.38. The van der Waals surface area contributed by atoms with E-state index in [1.165, 1.54) is 19.2 Å². The standard InChI is InChI=1S/C16H20N2O6/c1-9-13(18(22)23)7-11(8-14(9)24-2)15(19)17-12-5-3-10(4-6-12)16(20)21/h7-8,10,12H,3-6H2,1-2H3,(H,17,19)(H,20,21). The van der Waals surface area contributed by atoms with Crippen LogP contribution in [0.25, 0.3) is 0 Å². The predicted octanol–water partition coefficient (Wildman–Crippen LogP) is 2.29. The highest BCUT2D eigenvalue weighted by molar-refractivity contribution is 5.95. The Hall–Kier alpha value is -2.64. The second-order valence-corrected chi connectivity index (χ2v) is 5.94. The van der Waals surface area contributed by atoms with Gasteiger partial charge in [0.1, 0.15) is 5.75 Å². The molecule has 1 amide bonds. The SMILES string of the molecule is COc1cc(C(=O)NC2CCC(C(=O)O)CC2)cc([N+](=O)[O-])c1C. The number of nitrogens with zero attached hydrogens (tertiary/aromatic N) is 1. The third-order valence-electron chi connectivity index (χ3n) is 4.42. The van der Waals surface area contributed by atoms with Gasteiger partial charge in [0, 0.05) is 17.7 Å². The van der Waals surface area contributed by atoms with E-state index in [9.17, 15) is 19.7 Å². The van der Waals surface area contributed by atoms with Crippen LogP contribution in [0.4, 0.5) is 5.69 Å². The molecule has 8 heteroatoms. The molecule has 1 fully saturated rings. The van der Waals surface area contributed by atoms with Gasteiger partial charge in [0.25, 0.3) is 11.6 Å². The number of carboxylic acids is 1. The lowest BCUT2D eigenvalue weighted by Crippen LogP contribution is -2.38. The minimum atomic E-state index is -0.807. The van der Waals surface area contributed by atoms with Crippen molar-refractivity contribution in [1.29, 1.82) is 0 Å². The number of ether oxygens (including phenoxy) is 1. The summed E-state index contributed by atoms with van der Waals surface area (Å²) < 4.78 is 5.11. The van der Waals surface area contributed by atoms with Gasteiger partial charge in [-0.1, -0.05) is 0 Å². The summed E-state index contributed by atoms with van der Waals surface area (Å²) in [4.78, 5) is 33.9. The molecule has 0 bridgehead atoms. The first kappa shape index (κ1) is 17.7. The fraction of sp³-hybridized carbons (Fsp3) is 0.500. The van der Waals surface area contributed by atoms with Gasteiger partial charge in [0.2, 0.25) is 0 Å². The van der Waals surface area contributed by atoms with E-state index in [0.29, 0.717) is 31.2 Å². The zero-order chi connectivity index (χ0) is 17.9. The molecule has 130 valence electrons. The highest BCUT2D eigenvalue weighted by atomic mass is 16.6.